The summed E-state index contributed by atoms with van der Waals surface area (Å²) in [5, 5.41) is 2.88. The van der Waals surface area contributed by atoms with Gasteiger partial charge >= 0.3 is 6.18 Å². The van der Waals surface area contributed by atoms with Crippen LogP contribution >= 0.6 is 0 Å². The quantitative estimate of drug-likeness (QED) is 0.530. The van der Waals surface area contributed by atoms with Gasteiger partial charge in [-0.3, -0.25) is 4.79 Å². The summed E-state index contributed by atoms with van der Waals surface area (Å²) in [6.07, 6.45) is -3.33. The average molecular weight is 454 g/mol. The van der Waals surface area contributed by atoms with Crippen molar-refractivity contribution in [2.24, 2.45) is 0 Å². The largest absolute Gasteiger partial charge is 0.411 e. The summed E-state index contributed by atoms with van der Waals surface area (Å²) in [4.78, 5) is 14.8. The van der Waals surface area contributed by atoms with Crippen molar-refractivity contribution in [1.82, 2.24) is 5.32 Å². The monoisotopic (exact) mass is 454 g/mol. The van der Waals surface area contributed by atoms with Crippen molar-refractivity contribution in [1.29, 1.82) is 0 Å². The zero-order valence-corrected chi connectivity index (χ0v) is 18.1. The van der Waals surface area contributed by atoms with Crippen molar-refractivity contribution >= 4 is 11.6 Å². The Kier molecular flexibility index (Phi) is 6.99. The molecule has 0 radical (unpaired) electrons. The Morgan fingerprint density at radius 3 is 2.27 bits per heavy atom. The molecule has 3 aromatic rings. The van der Waals surface area contributed by atoms with Crippen molar-refractivity contribution in [3.63, 3.8) is 0 Å². The van der Waals surface area contributed by atoms with Crippen molar-refractivity contribution in [2.45, 2.75) is 32.3 Å². The van der Waals surface area contributed by atoms with E-state index in [0.717, 1.165) is 30.8 Å². The Morgan fingerprint density at radius 1 is 0.909 bits per heavy atom. The van der Waals surface area contributed by atoms with Crippen LogP contribution in [0.25, 0.3) is 0 Å². The maximum atomic E-state index is 12.5. The average Bonchev–Trinajstić information content (AvgIpc) is 2.82. The molecule has 3 aromatic carbocycles. The molecule has 4 nitrogen and oxygen atoms in total. The molecule has 1 N–H and O–H groups in total. The number of carbonyl (C=O) groups is 1. The second-order valence-corrected chi connectivity index (χ2v) is 8.09. The van der Waals surface area contributed by atoms with Gasteiger partial charge in [0.2, 0.25) is 0 Å². The van der Waals surface area contributed by atoms with Crippen LogP contribution in [0.2, 0.25) is 0 Å². The first-order chi connectivity index (χ1) is 15.9. The number of amides is 1. The molecule has 0 saturated heterocycles. The fourth-order valence-corrected chi connectivity index (χ4v) is 3.86. The number of rotatable bonds is 7. The van der Waals surface area contributed by atoms with Crippen LogP contribution in [0.1, 0.15) is 32.6 Å². The Bertz CT molecular complexity index is 1080. The van der Waals surface area contributed by atoms with Gasteiger partial charge in [-0.05, 0) is 52.9 Å². The first-order valence-corrected chi connectivity index (χ1v) is 10.8. The first-order valence-electron chi connectivity index (χ1n) is 10.8. The summed E-state index contributed by atoms with van der Waals surface area (Å²) in [7, 11) is 0. The standard InChI is InChI=1S/C26H25F3N2O2/c27-26(28,29)18-33-17-20-7-5-19(6-8-20)15-30-25(32)22-9-11-24(12-10-22)31-14-13-21-3-1-2-4-23(21)16-31/h1-12H,13-18H2,(H,30,32). The molecule has 0 aliphatic carbocycles. The molecule has 33 heavy (non-hydrogen) atoms. The van der Waals surface area contributed by atoms with E-state index in [9.17, 15) is 18.0 Å². The van der Waals surface area contributed by atoms with Gasteiger partial charge in [-0.2, -0.15) is 13.2 Å². The minimum Gasteiger partial charge on any atom is -0.367 e. The van der Waals surface area contributed by atoms with E-state index in [1.165, 1.54) is 11.1 Å². The summed E-state index contributed by atoms with van der Waals surface area (Å²) in [6.45, 7) is 0.752. The maximum Gasteiger partial charge on any atom is 0.411 e. The molecule has 0 aromatic heterocycles. The predicted molar refractivity (Wildman–Crippen MR) is 121 cm³/mol. The minimum absolute atomic E-state index is 0.110. The van der Waals surface area contributed by atoms with Gasteiger partial charge < -0.3 is 15.0 Å². The van der Waals surface area contributed by atoms with Crippen LogP contribution in [0.5, 0.6) is 0 Å². The van der Waals surface area contributed by atoms with Gasteiger partial charge in [0.1, 0.15) is 6.61 Å². The van der Waals surface area contributed by atoms with Crippen molar-refractivity contribution in [2.75, 3.05) is 18.1 Å². The van der Waals surface area contributed by atoms with Crippen LogP contribution in [-0.4, -0.2) is 25.2 Å². The number of nitrogens with zero attached hydrogens (tertiary/aromatic N) is 1. The molecular formula is C26H25F3N2O2. The van der Waals surface area contributed by atoms with Crippen LogP contribution in [0.4, 0.5) is 18.9 Å². The molecule has 0 bridgehead atoms. The second kappa shape index (κ2) is 10.1. The topological polar surface area (TPSA) is 41.6 Å². The molecule has 0 spiro atoms. The molecule has 7 heteroatoms. The molecule has 172 valence electrons. The number of alkyl halides is 3. The van der Waals surface area contributed by atoms with Crippen LogP contribution in [0, 0.1) is 0 Å². The third kappa shape index (κ3) is 6.35. The number of hydrogen-bond acceptors (Lipinski definition) is 3. The van der Waals surface area contributed by atoms with E-state index in [-0.39, 0.29) is 12.5 Å². The Balaban J connectivity index is 1.27. The Hall–Kier alpha value is -3.32. The number of carbonyl (C=O) groups excluding carboxylic acids is 1. The van der Waals surface area contributed by atoms with E-state index >= 15 is 0 Å². The fraction of sp³-hybridized carbons (Fsp3) is 0.269. The van der Waals surface area contributed by atoms with E-state index in [0.29, 0.717) is 17.7 Å². The number of benzene rings is 3. The highest BCUT2D eigenvalue weighted by Crippen LogP contribution is 2.24. The number of halogens is 3. The lowest BCUT2D eigenvalue weighted by Gasteiger charge is -2.30. The number of nitrogens with one attached hydrogen (secondary N) is 1. The highest BCUT2D eigenvalue weighted by molar-refractivity contribution is 5.94. The first kappa shape index (κ1) is 22.9. The highest BCUT2D eigenvalue weighted by Gasteiger charge is 2.27. The molecule has 0 unspecified atom stereocenters. The second-order valence-electron chi connectivity index (χ2n) is 8.09. The van der Waals surface area contributed by atoms with Gasteiger partial charge in [-0.1, -0.05) is 48.5 Å². The van der Waals surface area contributed by atoms with E-state index in [4.69, 9.17) is 0 Å². The van der Waals surface area contributed by atoms with Crippen molar-refractivity contribution in [3.8, 4) is 0 Å². The number of ether oxygens (including phenoxy) is 1. The zero-order chi connectivity index (χ0) is 23.3. The van der Waals surface area contributed by atoms with Crippen molar-refractivity contribution < 1.29 is 22.7 Å². The fourth-order valence-electron chi connectivity index (χ4n) is 3.86. The smallest absolute Gasteiger partial charge is 0.367 e. The highest BCUT2D eigenvalue weighted by atomic mass is 19.4. The third-order valence-electron chi connectivity index (χ3n) is 5.64. The SMILES string of the molecule is O=C(NCc1ccc(COCC(F)(F)F)cc1)c1ccc(N2CCc3ccccc3C2)cc1. The van der Waals surface area contributed by atoms with Gasteiger partial charge in [-0.15, -0.1) is 0 Å². The number of fused-ring (bicyclic) bond motifs is 1. The summed E-state index contributed by atoms with van der Waals surface area (Å²) in [6, 6.07) is 23.0. The van der Waals surface area contributed by atoms with Gasteiger partial charge in [0.05, 0.1) is 6.61 Å². The summed E-state index contributed by atoms with van der Waals surface area (Å²) >= 11 is 0. The zero-order valence-electron chi connectivity index (χ0n) is 18.1. The molecule has 0 fully saturated rings. The molecule has 1 aliphatic rings. The van der Waals surface area contributed by atoms with Crippen LogP contribution in [0.15, 0.2) is 72.8 Å². The molecule has 0 saturated carbocycles. The summed E-state index contributed by atoms with van der Waals surface area (Å²) < 4.78 is 41.1. The van der Waals surface area contributed by atoms with Crippen LogP contribution in [-0.2, 0) is 30.9 Å². The van der Waals surface area contributed by atoms with E-state index < -0.39 is 12.8 Å². The third-order valence-corrected chi connectivity index (χ3v) is 5.64. The molecular weight excluding hydrogens is 429 g/mol. The molecule has 1 heterocycles. The Labute approximate surface area is 191 Å². The lowest BCUT2D eigenvalue weighted by Crippen LogP contribution is -2.30. The van der Waals surface area contributed by atoms with Gasteiger partial charge in [0.25, 0.3) is 5.91 Å². The minimum atomic E-state index is -4.33. The van der Waals surface area contributed by atoms with E-state index in [1.807, 2.05) is 24.3 Å². The number of hydrogen-bond donors (Lipinski definition) is 1. The van der Waals surface area contributed by atoms with E-state index in [2.05, 4.69) is 39.2 Å². The molecule has 1 amide bonds. The predicted octanol–water partition coefficient (Wildman–Crippen LogP) is 5.26. The molecule has 1 aliphatic heterocycles. The van der Waals surface area contributed by atoms with Gasteiger partial charge in [0, 0.05) is 30.9 Å². The summed E-state index contributed by atoms with van der Waals surface area (Å²) in [5.41, 5.74) is 5.89. The van der Waals surface area contributed by atoms with Crippen molar-refractivity contribution in [3.05, 3.63) is 101 Å². The lowest BCUT2D eigenvalue weighted by atomic mass is 9.99. The Morgan fingerprint density at radius 2 is 1.58 bits per heavy atom. The normalized spacial score (nSPS) is 13.5. The summed E-state index contributed by atoms with van der Waals surface area (Å²) in [5.74, 6) is -0.178. The van der Waals surface area contributed by atoms with Gasteiger partial charge in [0.15, 0.2) is 0 Å². The van der Waals surface area contributed by atoms with Crippen LogP contribution in [0.3, 0.4) is 0 Å². The van der Waals surface area contributed by atoms with Crippen LogP contribution < -0.4 is 10.2 Å². The molecule has 4 rings (SSSR count). The number of anilines is 1. The van der Waals surface area contributed by atoms with Gasteiger partial charge in [-0.25, -0.2) is 0 Å². The van der Waals surface area contributed by atoms with E-state index in [1.54, 1.807) is 24.3 Å². The maximum absolute atomic E-state index is 12.5. The molecule has 0 atom stereocenters. The lowest BCUT2D eigenvalue weighted by molar-refractivity contribution is -0.176.